The van der Waals surface area contributed by atoms with Gasteiger partial charge < -0.3 is 4.90 Å². The number of nitrogens with zero attached hydrogens (tertiary/aromatic N) is 1. The van der Waals surface area contributed by atoms with Crippen molar-refractivity contribution in [2.45, 2.75) is 12.8 Å². The van der Waals surface area contributed by atoms with Crippen molar-refractivity contribution in [1.29, 1.82) is 0 Å². The smallest absolute Gasteiger partial charge is 0.279 e. The minimum Gasteiger partial charge on any atom is -0.338 e. The highest BCUT2D eigenvalue weighted by atomic mass is 79.9. The molecule has 6 nitrogen and oxygen atoms in total. The average Bonchev–Trinajstić information content (AvgIpc) is 3.12. The number of rotatable bonds is 3. The third kappa shape index (κ3) is 4.92. The van der Waals surface area contributed by atoms with Crippen molar-refractivity contribution >= 4 is 45.0 Å². The largest absolute Gasteiger partial charge is 0.338 e. The Kier molecular flexibility index (Phi) is 6.22. The summed E-state index contributed by atoms with van der Waals surface area (Å²) in [6.07, 6.45) is 1.30. The fourth-order valence-corrected chi connectivity index (χ4v) is 4.15. The summed E-state index contributed by atoms with van der Waals surface area (Å²) in [6.45, 7) is 0.790. The number of hydrogen-bond acceptors (Lipinski definition) is 4. The lowest BCUT2D eigenvalue weighted by Crippen LogP contribution is -2.49. The Morgan fingerprint density at radius 3 is 2.52 bits per heavy atom. The molecule has 1 saturated heterocycles. The first-order valence-electron chi connectivity index (χ1n) is 8.34. The van der Waals surface area contributed by atoms with Crippen LogP contribution in [0.25, 0.3) is 0 Å². The summed E-state index contributed by atoms with van der Waals surface area (Å²) in [6, 6.07) is 8.74. The third-order valence-corrected chi connectivity index (χ3v) is 5.89. The number of amides is 3. The number of likely N-dealkylation sites (tertiary alicyclic amines) is 1. The maximum Gasteiger partial charge on any atom is 0.279 e. The highest BCUT2D eigenvalue weighted by molar-refractivity contribution is 9.11. The van der Waals surface area contributed by atoms with Crippen molar-refractivity contribution in [1.82, 2.24) is 15.8 Å². The lowest BCUT2D eigenvalue weighted by atomic mass is 9.96. The maximum absolute atomic E-state index is 13.0. The van der Waals surface area contributed by atoms with Gasteiger partial charge in [0.05, 0.1) is 14.6 Å². The number of carbonyl (C=O) groups is 3. The van der Waals surface area contributed by atoms with Crippen LogP contribution >= 0.6 is 27.3 Å². The third-order valence-electron chi connectivity index (χ3n) is 4.27. The van der Waals surface area contributed by atoms with Gasteiger partial charge in [-0.05, 0) is 65.2 Å². The maximum atomic E-state index is 13.0. The Morgan fingerprint density at radius 1 is 1.11 bits per heavy atom. The van der Waals surface area contributed by atoms with E-state index in [2.05, 4.69) is 26.8 Å². The molecule has 1 aliphatic heterocycles. The number of piperidine rings is 1. The average molecular weight is 454 g/mol. The van der Waals surface area contributed by atoms with E-state index in [9.17, 15) is 18.8 Å². The SMILES string of the molecule is O=C(NNC(=O)C1CCCN(C(=O)c2ccc(F)cc2)C1)c1ccc(Br)s1. The fraction of sp³-hybridized carbons (Fsp3) is 0.278. The van der Waals surface area contributed by atoms with Crippen LogP contribution in [0.3, 0.4) is 0 Å². The highest BCUT2D eigenvalue weighted by Gasteiger charge is 2.29. The second kappa shape index (κ2) is 8.62. The van der Waals surface area contributed by atoms with E-state index in [-0.39, 0.29) is 18.4 Å². The van der Waals surface area contributed by atoms with Crippen LogP contribution in [-0.4, -0.2) is 35.7 Å². The molecule has 0 bridgehead atoms. The normalized spacial score (nSPS) is 16.7. The second-order valence-corrected chi connectivity index (χ2v) is 8.61. The van der Waals surface area contributed by atoms with Gasteiger partial charge in [0.25, 0.3) is 11.8 Å². The lowest BCUT2D eigenvalue weighted by molar-refractivity contribution is -0.127. The summed E-state index contributed by atoms with van der Waals surface area (Å²) in [4.78, 5) is 39.0. The van der Waals surface area contributed by atoms with E-state index >= 15 is 0 Å². The molecule has 2 aromatic rings. The molecule has 2 heterocycles. The minimum absolute atomic E-state index is 0.236. The molecule has 2 N–H and O–H groups in total. The van der Waals surface area contributed by atoms with Gasteiger partial charge in [-0.1, -0.05) is 0 Å². The Labute approximate surface area is 167 Å². The number of thiophene rings is 1. The van der Waals surface area contributed by atoms with E-state index in [0.717, 1.165) is 3.79 Å². The van der Waals surface area contributed by atoms with E-state index in [1.807, 2.05) is 0 Å². The van der Waals surface area contributed by atoms with Gasteiger partial charge in [0, 0.05) is 18.7 Å². The first-order chi connectivity index (χ1) is 12.9. The van der Waals surface area contributed by atoms with Crippen molar-refractivity contribution in [3.63, 3.8) is 0 Å². The quantitative estimate of drug-likeness (QED) is 0.701. The number of hydrazine groups is 1. The molecule has 0 saturated carbocycles. The van der Waals surface area contributed by atoms with Gasteiger partial charge in [-0.3, -0.25) is 25.2 Å². The van der Waals surface area contributed by atoms with Crippen LogP contribution in [0.2, 0.25) is 0 Å². The summed E-state index contributed by atoms with van der Waals surface area (Å²) >= 11 is 4.54. The van der Waals surface area contributed by atoms with E-state index in [0.29, 0.717) is 29.8 Å². The minimum atomic E-state index is -0.418. The Bertz CT molecular complexity index is 856. The summed E-state index contributed by atoms with van der Waals surface area (Å²) in [5.74, 6) is -1.79. The molecule has 142 valence electrons. The van der Waals surface area contributed by atoms with E-state index in [1.54, 1.807) is 17.0 Å². The van der Waals surface area contributed by atoms with E-state index in [4.69, 9.17) is 0 Å². The molecule has 3 rings (SSSR count). The second-order valence-electron chi connectivity index (χ2n) is 6.14. The lowest BCUT2D eigenvalue weighted by Gasteiger charge is -2.32. The van der Waals surface area contributed by atoms with Gasteiger partial charge in [0.1, 0.15) is 5.82 Å². The molecule has 9 heteroatoms. The fourth-order valence-electron chi connectivity index (χ4n) is 2.87. The van der Waals surface area contributed by atoms with Crippen LogP contribution in [0.4, 0.5) is 4.39 Å². The van der Waals surface area contributed by atoms with Gasteiger partial charge in [-0.15, -0.1) is 11.3 Å². The molecule has 1 aliphatic rings. The van der Waals surface area contributed by atoms with E-state index < -0.39 is 17.6 Å². The van der Waals surface area contributed by atoms with Crippen LogP contribution in [-0.2, 0) is 4.79 Å². The molecule has 0 radical (unpaired) electrons. The van der Waals surface area contributed by atoms with Crippen molar-refractivity contribution in [2.75, 3.05) is 13.1 Å². The zero-order valence-corrected chi connectivity index (χ0v) is 16.6. The zero-order chi connectivity index (χ0) is 19.4. The molecule has 1 aromatic heterocycles. The van der Waals surface area contributed by atoms with Crippen LogP contribution in [0.5, 0.6) is 0 Å². The predicted octanol–water partition coefficient (Wildman–Crippen LogP) is 2.96. The number of halogens is 2. The molecular weight excluding hydrogens is 437 g/mol. The van der Waals surface area contributed by atoms with Gasteiger partial charge >= 0.3 is 0 Å². The van der Waals surface area contributed by atoms with Crippen molar-refractivity contribution in [3.05, 3.63) is 56.4 Å². The van der Waals surface area contributed by atoms with Crippen LogP contribution in [0, 0.1) is 11.7 Å². The summed E-state index contributed by atoms with van der Waals surface area (Å²) < 4.78 is 13.8. The predicted molar refractivity (Wildman–Crippen MR) is 103 cm³/mol. The topological polar surface area (TPSA) is 78.5 Å². The van der Waals surface area contributed by atoms with Gasteiger partial charge in [0.2, 0.25) is 5.91 Å². The van der Waals surface area contributed by atoms with Crippen molar-refractivity contribution < 1.29 is 18.8 Å². The van der Waals surface area contributed by atoms with Crippen LogP contribution in [0.1, 0.15) is 32.9 Å². The first kappa shape index (κ1) is 19.5. The van der Waals surface area contributed by atoms with Gasteiger partial charge in [0.15, 0.2) is 0 Å². The molecule has 0 aliphatic carbocycles. The molecule has 0 spiro atoms. The van der Waals surface area contributed by atoms with Gasteiger partial charge in [-0.2, -0.15) is 0 Å². The number of hydrogen-bond donors (Lipinski definition) is 2. The summed E-state index contributed by atoms with van der Waals surface area (Å²) in [5.41, 5.74) is 5.21. The van der Waals surface area contributed by atoms with Crippen LogP contribution in [0.15, 0.2) is 40.2 Å². The highest BCUT2D eigenvalue weighted by Crippen LogP contribution is 2.22. The van der Waals surface area contributed by atoms with Gasteiger partial charge in [-0.25, -0.2) is 4.39 Å². The molecule has 1 atom stereocenters. The monoisotopic (exact) mass is 453 g/mol. The molecule has 1 unspecified atom stereocenters. The van der Waals surface area contributed by atoms with Crippen molar-refractivity contribution in [3.8, 4) is 0 Å². The Balaban J connectivity index is 1.55. The number of nitrogens with one attached hydrogen (secondary N) is 2. The molecule has 3 amide bonds. The van der Waals surface area contributed by atoms with Crippen molar-refractivity contribution in [2.24, 2.45) is 5.92 Å². The number of carbonyl (C=O) groups excluding carboxylic acids is 3. The molecular formula is C18H17BrFN3O3S. The Morgan fingerprint density at radius 2 is 1.85 bits per heavy atom. The summed E-state index contributed by atoms with van der Waals surface area (Å²) in [5, 5.41) is 0. The molecule has 27 heavy (non-hydrogen) atoms. The first-order valence-corrected chi connectivity index (χ1v) is 9.95. The Hall–Kier alpha value is -2.26. The van der Waals surface area contributed by atoms with Crippen LogP contribution < -0.4 is 10.9 Å². The molecule has 1 fully saturated rings. The molecule has 1 aromatic carbocycles. The standard InChI is InChI=1S/C18H17BrFN3O3S/c19-15-8-7-14(27-15)17(25)22-21-16(24)12-2-1-9-23(10-12)18(26)11-3-5-13(20)6-4-11/h3-8,12H,1-2,9-10H2,(H,21,24)(H,22,25). The zero-order valence-electron chi connectivity index (χ0n) is 14.2. The summed E-state index contributed by atoms with van der Waals surface area (Å²) in [7, 11) is 0. The van der Waals surface area contributed by atoms with E-state index in [1.165, 1.54) is 35.6 Å². The number of benzene rings is 1.